The van der Waals surface area contributed by atoms with Crippen molar-refractivity contribution in [3.05, 3.63) is 65.6 Å². The van der Waals surface area contributed by atoms with E-state index < -0.39 is 5.60 Å². The van der Waals surface area contributed by atoms with Gasteiger partial charge in [-0.15, -0.1) is 0 Å². The Labute approximate surface area is 123 Å². The summed E-state index contributed by atoms with van der Waals surface area (Å²) >= 11 is 0. The Balaban J connectivity index is 1.62. The number of amides is 1. The van der Waals surface area contributed by atoms with Gasteiger partial charge in [-0.25, -0.2) is 0 Å². The van der Waals surface area contributed by atoms with Crippen LogP contribution in [0.1, 0.15) is 23.1 Å². The second-order valence-electron chi connectivity index (χ2n) is 5.30. The van der Waals surface area contributed by atoms with Gasteiger partial charge in [0.25, 0.3) is 0 Å². The topological polar surface area (TPSA) is 62.5 Å². The van der Waals surface area contributed by atoms with Crippen LogP contribution in [0.5, 0.6) is 0 Å². The minimum absolute atomic E-state index is 0.221. The molecular weight excluding hydrogens is 266 g/mol. The number of carbonyl (C=O) groups excluding carboxylic acids is 1. The van der Waals surface area contributed by atoms with Crippen LogP contribution in [-0.2, 0) is 16.8 Å². The molecule has 0 spiro atoms. The SMILES string of the molecule is O=C(/C=C/c1ccoc1)NCC1(O)CCc2ccccc21. The molecule has 1 atom stereocenters. The average Bonchev–Trinajstić information content (AvgIpc) is 3.13. The lowest BCUT2D eigenvalue weighted by molar-refractivity contribution is -0.117. The lowest BCUT2D eigenvalue weighted by Crippen LogP contribution is -2.38. The summed E-state index contributed by atoms with van der Waals surface area (Å²) in [6, 6.07) is 9.60. The van der Waals surface area contributed by atoms with Crippen molar-refractivity contribution < 1.29 is 14.3 Å². The van der Waals surface area contributed by atoms with Gasteiger partial charge in [0.2, 0.25) is 5.91 Å². The van der Waals surface area contributed by atoms with E-state index in [9.17, 15) is 9.90 Å². The van der Waals surface area contributed by atoms with Crippen LogP contribution in [0.2, 0.25) is 0 Å². The number of rotatable bonds is 4. The lowest BCUT2D eigenvalue weighted by Gasteiger charge is -2.24. The van der Waals surface area contributed by atoms with Gasteiger partial charge in [0.15, 0.2) is 0 Å². The van der Waals surface area contributed by atoms with Gasteiger partial charge in [-0.3, -0.25) is 4.79 Å². The van der Waals surface area contributed by atoms with Gasteiger partial charge in [0.05, 0.1) is 19.1 Å². The second-order valence-corrected chi connectivity index (χ2v) is 5.30. The van der Waals surface area contributed by atoms with Gasteiger partial charge in [-0.05, 0) is 36.1 Å². The van der Waals surface area contributed by atoms with Crippen molar-refractivity contribution >= 4 is 12.0 Å². The van der Waals surface area contributed by atoms with Gasteiger partial charge in [-0.1, -0.05) is 24.3 Å². The summed E-state index contributed by atoms with van der Waals surface area (Å²) in [6.45, 7) is 0.221. The van der Waals surface area contributed by atoms with Gasteiger partial charge < -0.3 is 14.8 Å². The van der Waals surface area contributed by atoms with E-state index in [0.717, 1.165) is 23.1 Å². The second kappa shape index (κ2) is 5.58. The first-order valence-corrected chi connectivity index (χ1v) is 6.96. The fraction of sp³-hybridized carbons (Fsp3) is 0.235. The molecule has 1 aliphatic rings. The molecule has 108 valence electrons. The van der Waals surface area contributed by atoms with Crippen LogP contribution in [0.25, 0.3) is 6.08 Å². The van der Waals surface area contributed by atoms with Crippen LogP contribution in [-0.4, -0.2) is 17.6 Å². The average molecular weight is 283 g/mol. The molecule has 0 saturated heterocycles. The number of aliphatic hydroxyl groups is 1. The molecule has 4 heteroatoms. The fourth-order valence-corrected chi connectivity index (χ4v) is 2.69. The Morgan fingerprint density at radius 3 is 3.05 bits per heavy atom. The highest BCUT2D eigenvalue weighted by atomic mass is 16.3. The maximum absolute atomic E-state index is 11.8. The number of fused-ring (bicyclic) bond motifs is 1. The monoisotopic (exact) mass is 283 g/mol. The molecule has 1 aliphatic carbocycles. The van der Waals surface area contributed by atoms with E-state index >= 15 is 0 Å². The largest absolute Gasteiger partial charge is 0.472 e. The molecule has 0 saturated carbocycles. The summed E-state index contributed by atoms with van der Waals surface area (Å²) in [7, 11) is 0. The molecular formula is C17H17NO3. The highest BCUT2D eigenvalue weighted by molar-refractivity contribution is 5.91. The Kier molecular flexibility index (Phi) is 3.62. The molecule has 1 amide bonds. The number of nitrogens with one attached hydrogen (secondary N) is 1. The first-order valence-electron chi connectivity index (χ1n) is 6.96. The number of carbonyl (C=O) groups is 1. The number of aryl methyl sites for hydroxylation is 1. The van der Waals surface area contributed by atoms with Crippen molar-refractivity contribution in [3.8, 4) is 0 Å². The summed E-state index contributed by atoms with van der Waals surface area (Å²) in [5.41, 5.74) is 1.94. The van der Waals surface area contributed by atoms with Crippen molar-refractivity contribution in [2.24, 2.45) is 0 Å². The molecule has 1 aromatic heterocycles. The zero-order chi connectivity index (χ0) is 14.7. The van der Waals surface area contributed by atoms with Crippen LogP contribution >= 0.6 is 0 Å². The van der Waals surface area contributed by atoms with Crippen molar-refractivity contribution in [2.45, 2.75) is 18.4 Å². The smallest absolute Gasteiger partial charge is 0.244 e. The summed E-state index contributed by atoms with van der Waals surface area (Å²) in [4.78, 5) is 11.8. The quantitative estimate of drug-likeness (QED) is 0.846. The Morgan fingerprint density at radius 1 is 1.38 bits per heavy atom. The first-order chi connectivity index (χ1) is 10.2. The van der Waals surface area contributed by atoms with E-state index in [1.54, 1.807) is 24.7 Å². The van der Waals surface area contributed by atoms with E-state index in [4.69, 9.17) is 4.42 Å². The summed E-state index contributed by atoms with van der Waals surface area (Å²) in [6.07, 6.45) is 7.70. The van der Waals surface area contributed by atoms with E-state index in [2.05, 4.69) is 5.32 Å². The van der Waals surface area contributed by atoms with Crippen molar-refractivity contribution in [1.82, 2.24) is 5.32 Å². The predicted molar refractivity (Wildman–Crippen MR) is 79.4 cm³/mol. The fourth-order valence-electron chi connectivity index (χ4n) is 2.69. The lowest BCUT2D eigenvalue weighted by atomic mass is 9.96. The molecule has 0 radical (unpaired) electrons. The molecule has 0 fully saturated rings. The highest BCUT2D eigenvalue weighted by Crippen LogP contribution is 2.36. The van der Waals surface area contributed by atoms with Crippen molar-refractivity contribution in [1.29, 1.82) is 0 Å². The molecule has 2 N–H and O–H groups in total. The van der Waals surface area contributed by atoms with Crippen molar-refractivity contribution in [3.63, 3.8) is 0 Å². The van der Waals surface area contributed by atoms with Gasteiger partial charge in [0, 0.05) is 11.6 Å². The van der Waals surface area contributed by atoms with Gasteiger partial charge >= 0.3 is 0 Å². The van der Waals surface area contributed by atoms with E-state index in [-0.39, 0.29) is 12.5 Å². The van der Waals surface area contributed by atoms with Crippen LogP contribution < -0.4 is 5.32 Å². The zero-order valence-electron chi connectivity index (χ0n) is 11.6. The van der Waals surface area contributed by atoms with Crippen molar-refractivity contribution in [2.75, 3.05) is 6.54 Å². The molecule has 0 aliphatic heterocycles. The van der Waals surface area contributed by atoms with Crippen LogP contribution in [0.4, 0.5) is 0 Å². The molecule has 1 unspecified atom stereocenters. The van der Waals surface area contributed by atoms with E-state index in [1.807, 2.05) is 24.3 Å². The molecule has 21 heavy (non-hydrogen) atoms. The number of hydrogen-bond donors (Lipinski definition) is 2. The normalized spacial score (nSPS) is 20.6. The molecule has 2 aromatic rings. The molecule has 3 rings (SSSR count). The summed E-state index contributed by atoms with van der Waals surface area (Å²) in [5, 5.41) is 13.5. The molecule has 1 aromatic carbocycles. The van der Waals surface area contributed by atoms with Crippen LogP contribution in [0.15, 0.2) is 53.4 Å². The summed E-state index contributed by atoms with van der Waals surface area (Å²) < 4.78 is 4.92. The van der Waals surface area contributed by atoms with Gasteiger partial charge in [-0.2, -0.15) is 0 Å². The van der Waals surface area contributed by atoms with E-state index in [0.29, 0.717) is 6.42 Å². The van der Waals surface area contributed by atoms with Crippen LogP contribution in [0.3, 0.4) is 0 Å². The molecule has 1 heterocycles. The van der Waals surface area contributed by atoms with Gasteiger partial charge in [0.1, 0.15) is 5.60 Å². The Bertz CT molecular complexity index is 660. The predicted octanol–water partition coefficient (Wildman–Crippen LogP) is 2.24. The minimum atomic E-state index is -0.963. The highest BCUT2D eigenvalue weighted by Gasteiger charge is 2.36. The minimum Gasteiger partial charge on any atom is -0.472 e. The molecule has 0 bridgehead atoms. The third-order valence-corrected chi connectivity index (χ3v) is 3.85. The Hall–Kier alpha value is -2.33. The standard InChI is InChI=1S/C17H17NO3/c19-16(6-5-13-8-10-21-11-13)18-12-17(20)9-7-14-3-1-2-4-15(14)17/h1-6,8,10-11,20H,7,9,12H2,(H,18,19)/b6-5+. The Morgan fingerprint density at radius 2 is 2.24 bits per heavy atom. The zero-order valence-corrected chi connectivity index (χ0v) is 11.6. The maximum atomic E-state index is 11.8. The number of benzene rings is 1. The number of hydrogen-bond acceptors (Lipinski definition) is 3. The van der Waals surface area contributed by atoms with Crippen LogP contribution in [0, 0.1) is 0 Å². The maximum Gasteiger partial charge on any atom is 0.244 e. The molecule has 4 nitrogen and oxygen atoms in total. The summed E-state index contributed by atoms with van der Waals surface area (Å²) in [5.74, 6) is -0.228. The first kappa shape index (κ1) is 13.6. The third-order valence-electron chi connectivity index (χ3n) is 3.85. The third kappa shape index (κ3) is 2.90. The van der Waals surface area contributed by atoms with E-state index in [1.165, 1.54) is 6.08 Å². The number of furan rings is 1.